The maximum absolute atomic E-state index is 11.0. The SMILES string of the molecule is Cc1ccc(C(C)C)cc1CCCCC(=O)NN. The van der Waals surface area contributed by atoms with E-state index in [1.165, 1.54) is 16.7 Å². The smallest absolute Gasteiger partial charge is 0.233 e. The normalized spacial score (nSPS) is 10.7. The van der Waals surface area contributed by atoms with Crippen LogP contribution >= 0.6 is 0 Å². The van der Waals surface area contributed by atoms with Gasteiger partial charge in [0.05, 0.1) is 0 Å². The second-order valence-electron chi connectivity index (χ2n) is 5.12. The maximum Gasteiger partial charge on any atom is 0.233 e. The van der Waals surface area contributed by atoms with Gasteiger partial charge in [-0.05, 0) is 48.8 Å². The molecule has 1 rings (SSSR count). The molecule has 1 aromatic rings. The van der Waals surface area contributed by atoms with Crippen molar-refractivity contribution in [2.24, 2.45) is 5.84 Å². The number of hydrogen-bond donors (Lipinski definition) is 2. The minimum absolute atomic E-state index is 0.0809. The number of rotatable bonds is 6. The molecule has 0 aliphatic rings. The molecular weight excluding hydrogens is 224 g/mol. The molecule has 0 bridgehead atoms. The van der Waals surface area contributed by atoms with E-state index in [2.05, 4.69) is 44.4 Å². The summed E-state index contributed by atoms with van der Waals surface area (Å²) in [5, 5.41) is 0. The van der Waals surface area contributed by atoms with Gasteiger partial charge in [0.15, 0.2) is 0 Å². The van der Waals surface area contributed by atoms with E-state index in [0.717, 1.165) is 19.3 Å². The first-order chi connectivity index (χ1) is 8.54. The van der Waals surface area contributed by atoms with Crippen LogP contribution < -0.4 is 11.3 Å². The van der Waals surface area contributed by atoms with Crippen molar-refractivity contribution in [2.75, 3.05) is 0 Å². The number of amides is 1. The lowest BCUT2D eigenvalue weighted by Crippen LogP contribution is -2.29. The number of unbranched alkanes of at least 4 members (excludes halogenated alkanes) is 1. The van der Waals surface area contributed by atoms with Crippen LogP contribution in [0.15, 0.2) is 18.2 Å². The molecular formula is C15H24N2O. The molecule has 0 fully saturated rings. The van der Waals surface area contributed by atoms with E-state index < -0.39 is 0 Å². The highest BCUT2D eigenvalue weighted by molar-refractivity contribution is 5.75. The molecule has 0 aliphatic heterocycles. The first-order valence-corrected chi connectivity index (χ1v) is 6.63. The summed E-state index contributed by atoms with van der Waals surface area (Å²) in [7, 11) is 0. The van der Waals surface area contributed by atoms with E-state index in [4.69, 9.17) is 5.84 Å². The van der Waals surface area contributed by atoms with Gasteiger partial charge in [0.1, 0.15) is 0 Å². The number of aryl methyl sites for hydroxylation is 2. The van der Waals surface area contributed by atoms with Crippen molar-refractivity contribution in [3.05, 3.63) is 34.9 Å². The molecule has 3 N–H and O–H groups in total. The van der Waals surface area contributed by atoms with Crippen molar-refractivity contribution in [3.8, 4) is 0 Å². The fourth-order valence-corrected chi connectivity index (χ4v) is 1.99. The summed E-state index contributed by atoms with van der Waals surface area (Å²) < 4.78 is 0. The zero-order chi connectivity index (χ0) is 13.5. The quantitative estimate of drug-likeness (QED) is 0.352. The van der Waals surface area contributed by atoms with Crippen LogP contribution in [-0.4, -0.2) is 5.91 Å². The summed E-state index contributed by atoms with van der Waals surface area (Å²) in [5.41, 5.74) is 6.28. The number of carbonyl (C=O) groups excluding carboxylic acids is 1. The molecule has 0 saturated heterocycles. The van der Waals surface area contributed by atoms with Crippen LogP contribution in [0.4, 0.5) is 0 Å². The highest BCUT2D eigenvalue weighted by Gasteiger charge is 2.04. The highest BCUT2D eigenvalue weighted by atomic mass is 16.2. The van der Waals surface area contributed by atoms with Gasteiger partial charge < -0.3 is 0 Å². The molecule has 0 unspecified atom stereocenters. The van der Waals surface area contributed by atoms with Crippen molar-refractivity contribution in [1.29, 1.82) is 0 Å². The maximum atomic E-state index is 11.0. The fourth-order valence-electron chi connectivity index (χ4n) is 1.99. The molecule has 0 atom stereocenters. The standard InChI is InChI=1S/C15H24N2O/c1-11(2)13-9-8-12(3)14(10-13)6-4-5-7-15(18)17-16/h8-11H,4-7,16H2,1-3H3,(H,17,18). The Hall–Kier alpha value is -1.35. The molecule has 0 spiro atoms. The Bertz CT molecular complexity index is 399. The Balaban J connectivity index is 2.51. The number of carbonyl (C=O) groups is 1. The van der Waals surface area contributed by atoms with E-state index in [1.807, 2.05) is 0 Å². The van der Waals surface area contributed by atoms with Gasteiger partial charge in [-0.3, -0.25) is 10.2 Å². The van der Waals surface area contributed by atoms with Crippen molar-refractivity contribution < 1.29 is 4.79 Å². The number of nitrogens with one attached hydrogen (secondary N) is 1. The molecule has 18 heavy (non-hydrogen) atoms. The van der Waals surface area contributed by atoms with Gasteiger partial charge in [0.2, 0.25) is 5.91 Å². The molecule has 0 aliphatic carbocycles. The molecule has 1 aromatic carbocycles. The van der Waals surface area contributed by atoms with Crippen LogP contribution in [0, 0.1) is 6.92 Å². The lowest BCUT2D eigenvalue weighted by atomic mass is 9.95. The second kappa shape index (κ2) is 7.17. The molecule has 0 heterocycles. The average Bonchev–Trinajstić information content (AvgIpc) is 2.35. The summed E-state index contributed by atoms with van der Waals surface area (Å²) in [6.45, 7) is 6.56. The number of nitrogens with two attached hydrogens (primary N) is 1. The minimum Gasteiger partial charge on any atom is -0.294 e. The molecule has 0 radical (unpaired) electrons. The number of benzene rings is 1. The van der Waals surface area contributed by atoms with Crippen LogP contribution in [0.25, 0.3) is 0 Å². The first-order valence-electron chi connectivity index (χ1n) is 6.63. The van der Waals surface area contributed by atoms with Crippen molar-refractivity contribution in [3.63, 3.8) is 0 Å². The van der Waals surface area contributed by atoms with Crippen LogP contribution in [0.3, 0.4) is 0 Å². The third-order valence-electron chi connectivity index (χ3n) is 3.30. The van der Waals surface area contributed by atoms with Gasteiger partial charge in [0, 0.05) is 6.42 Å². The summed E-state index contributed by atoms with van der Waals surface area (Å²) in [5.74, 6) is 5.52. The van der Waals surface area contributed by atoms with Crippen LogP contribution in [-0.2, 0) is 11.2 Å². The summed E-state index contributed by atoms with van der Waals surface area (Å²) in [6.07, 6.45) is 3.45. The molecule has 1 amide bonds. The molecule has 100 valence electrons. The lowest BCUT2D eigenvalue weighted by Gasteiger charge is -2.11. The van der Waals surface area contributed by atoms with E-state index in [-0.39, 0.29) is 5.91 Å². The Morgan fingerprint density at radius 1 is 1.33 bits per heavy atom. The first kappa shape index (κ1) is 14.7. The van der Waals surface area contributed by atoms with Gasteiger partial charge in [-0.25, -0.2) is 5.84 Å². The molecule has 0 aromatic heterocycles. The Labute approximate surface area is 110 Å². The topological polar surface area (TPSA) is 55.1 Å². The minimum atomic E-state index is -0.0809. The number of hydrogen-bond acceptors (Lipinski definition) is 2. The van der Waals surface area contributed by atoms with Crippen LogP contribution in [0.5, 0.6) is 0 Å². The Kier molecular flexibility index (Phi) is 5.86. The summed E-state index contributed by atoms with van der Waals surface area (Å²) in [4.78, 5) is 11.0. The van der Waals surface area contributed by atoms with E-state index >= 15 is 0 Å². The van der Waals surface area contributed by atoms with Gasteiger partial charge >= 0.3 is 0 Å². The van der Waals surface area contributed by atoms with Gasteiger partial charge in [-0.15, -0.1) is 0 Å². The van der Waals surface area contributed by atoms with Crippen LogP contribution in [0.1, 0.15) is 55.7 Å². The van der Waals surface area contributed by atoms with Crippen molar-refractivity contribution >= 4 is 5.91 Å². The third kappa shape index (κ3) is 4.49. The Morgan fingerprint density at radius 3 is 2.67 bits per heavy atom. The van der Waals surface area contributed by atoms with Gasteiger partial charge in [0.25, 0.3) is 0 Å². The van der Waals surface area contributed by atoms with Gasteiger partial charge in [-0.2, -0.15) is 0 Å². The van der Waals surface area contributed by atoms with E-state index in [9.17, 15) is 4.79 Å². The van der Waals surface area contributed by atoms with Gasteiger partial charge in [-0.1, -0.05) is 32.0 Å². The largest absolute Gasteiger partial charge is 0.294 e. The molecule has 0 saturated carbocycles. The monoisotopic (exact) mass is 248 g/mol. The lowest BCUT2D eigenvalue weighted by molar-refractivity contribution is -0.121. The molecule has 3 heteroatoms. The zero-order valence-electron chi connectivity index (χ0n) is 11.6. The Morgan fingerprint density at radius 2 is 2.06 bits per heavy atom. The summed E-state index contributed by atoms with van der Waals surface area (Å²) >= 11 is 0. The average molecular weight is 248 g/mol. The van der Waals surface area contributed by atoms with Crippen molar-refractivity contribution in [1.82, 2.24) is 5.43 Å². The predicted octanol–water partition coefficient (Wildman–Crippen LogP) is 2.82. The number of hydrazine groups is 1. The third-order valence-corrected chi connectivity index (χ3v) is 3.30. The van der Waals surface area contributed by atoms with Crippen LogP contribution in [0.2, 0.25) is 0 Å². The van der Waals surface area contributed by atoms with E-state index in [0.29, 0.717) is 12.3 Å². The fraction of sp³-hybridized carbons (Fsp3) is 0.533. The zero-order valence-corrected chi connectivity index (χ0v) is 11.6. The van der Waals surface area contributed by atoms with Crippen molar-refractivity contribution in [2.45, 2.75) is 52.4 Å². The second-order valence-corrected chi connectivity index (χ2v) is 5.12. The highest BCUT2D eigenvalue weighted by Crippen LogP contribution is 2.20. The molecule has 3 nitrogen and oxygen atoms in total. The predicted molar refractivity (Wildman–Crippen MR) is 75.2 cm³/mol. The van der Waals surface area contributed by atoms with E-state index in [1.54, 1.807) is 0 Å². The summed E-state index contributed by atoms with van der Waals surface area (Å²) in [6, 6.07) is 6.69.